The van der Waals surface area contributed by atoms with Crippen molar-refractivity contribution < 1.29 is 5.11 Å². The number of amidine groups is 1. The summed E-state index contributed by atoms with van der Waals surface area (Å²) in [4.78, 5) is 4.92. The van der Waals surface area contributed by atoms with E-state index in [2.05, 4.69) is 46.2 Å². The number of nitrogens with zero attached hydrogens (tertiary/aromatic N) is 2. The average Bonchev–Trinajstić information content (AvgIpc) is 2.77. The largest absolute Gasteiger partial charge is 0.508 e. The first-order chi connectivity index (χ1) is 15.1. The van der Waals surface area contributed by atoms with Crippen LogP contribution in [0.25, 0.3) is 0 Å². The molecule has 162 valence electrons. The summed E-state index contributed by atoms with van der Waals surface area (Å²) in [6.45, 7) is 6.74. The zero-order valence-electron chi connectivity index (χ0n) is 18.1. The first-order valence-electron chi connectivity index (χ1n) is 10.7. The molecule has 0 bridgehead atoms. The first-order valence-corrected chi connectivity index (χ1v) is 10.7. The van der Waals surface area contributed by atoms with Crippen molar-refractivity contribution in [2.45, 2.75) is 19.5 Å². The van der Waals surface area contributed by atoms with Crippen molar-refractivity contribution >= 4 is 5.84 Å². The van der Waals surface area contributed by atoms with E-state index in [1.165, 1.54) is 5.56 Å². The van der Waals surface area contributed by atoms with Crippen LogP contribution in [0.2, 0.25) is 0 Å². The molecule has 0 spiro atoms. The number of nitrogens with one attached hydrogen (secondary N) is 1. The number of allylic oxidation sites excluding steroid dienone is 3. The van der Waals surface area contributed by atoms with E-state index in [0.717, 1.165) is 38.3 Å². The van der Waals surface area contributed by atoms with Gasteiger partial charge in [0.15, 0.2) is 0 Å². The zero-order valence-corrected chi connectivity index (χ0v) is 18.1. The molecule has 0 amide bonds. The van der Waals surface area contributed by atoms with E-state index in [1.54, 1.807) is 6.07 Å². The molecule has 1 aliphatic rings. The highest BCUT2D eigenvalue weighted by molar-refractivity contribution is 5.97. The van der Waals surface area contributed by atoms with Crippen LogP contribution in [0.4, 0.5) is 0 Å². The lowest BCUT2D eigenvalue weighted by Crippen LogP contribution is -2.46. The Bertz CT molecular complexity index is 941. The van der Waals surface area contributed by atoms with Gasteiger partial charge in [-0.2, -0.15) is 0 Å². The highest BCUT2D eigenvalue weighted by atomic mass is 16.3. The average molecular weight is 417 g/mol. The molecule has 3 rings (SSSR count). The Labute approximate surface area is 185 Å². The highest BCUT2D eigenvalue weighted by Gasteiger charge is 2.23. The van der Waals surface area contributed by atoms with Crippen LogP contribution in [0.1, 0.15) is 24.1 Å². The lowest BCUT2D eigenvalue weighted by atomic mass is 10.0. The molecule has 1 atom stereocenters. The summed E-state index contributed by atoms with van der Waals surface area (Å²) in [6, 6.07) is 18.1. The molecule has 1 saturated heterocycles. The molecule has 2 aromatic carbocycles. The Morgan fingerprint density at radius 3 is 2.48 bits per heavy atom. The molecule has 0 aromatic heterocycles. The summed E-state index contributed by atoms with van der Waals surface area (Å²) in [5.41, 5.74) is 8.75. The Kier molecular flexibility index (Phi) is 8.21. The lowest BCUT2D eigenvalue weighted by molar-refractivity contribution is 0.107. The van der Waals surface area contributed by atoms with Crippen LogP contribution in [0.15, 0.2) is 90.6 Å². The number of piperazine rings is 1. The maximum atomic E-state index is 10.0. The fourth-order valence-corrected chi connectivity index (χ4v) is 3.87. The van der Waals surface area contributed by atoms with Gasteiger partial charge in [0.1, 0.15) is 11.6 Å². The minimum atomic E-state index is 0.0426. The second-order valence-corrected chi connectivity index (χ2v) is 7.76. The summed E-state index contributed by atoms with van der Waals surface area (Å²) < 4.78 is 0. The summed E-state index contributed by atoms with van der Waals surface area (Å²) in [7, 11) is 0. The van der Waals surface area contributed by atoms with Gasteiger partial charge in [0.25, 0.3) is 0 Å². The molecule has 1 unspecified atom stereocenters. The highest BCUT2D eigenvalue weighted by Crippen LogP contribution is 2.27. The number of aromatic hydroxyl groups is 1. The molecule has 0 aliphatic carbocycles. The maximum absolute atomic E-state index is 10.0. The van der Waals surface area contributed by atoms with Crippen molar-refractivity contribution in [3.05, 3.63) is 102 Å². The van der Waals surface area contributed by atoms with Crippen LogP contribution in [0.3, 0.4) is 0 Å². The fourth-order valence-electron chi connectivity index (χ4n) is 3.87. The summed E-state index contributed by atoms with van der Waals surface area (Å²) >= 11 is 0. The van der Waals surface area contributed by atoms with Gasteiger partial charge < -0.3 is 10.8 Å². The number of phenols is 1. The van der Waals surface area contributed by atoms with Crippen molar-refractivity contribution in [2.24, 2.45) is 5.73 Å². The van der Waals surface area contributed by atoms with E-state index in [1.807, 2.05) is 49.4 Å². The van der Waals surface area contributed by atoms with Crippen LogP contribution in [-0.4, -0.2) is 46.9 Å². The standard InChI is InChI=1S/C26H32N4O/c1-2-8-22(26(27)28)11-7-14-25(23-12-6-13-24(31)19-23)30-17-15-29(16-18-30)20-21-9-4-3-5-10-21/h2-14,19,25,31H,15-18,20H2,1H3,(H3,27,28)/b8-2-,14-7+,22-11+. The molecule has 31 heavy (non-hydrogen) atoms. The minimum Gasteiger partial charge on any atom is -0.508 e. The third-order valence-corrected chi connectivity index (χ3v) is 5.49. The van der Waals surface area contributed by atoms with E-state index < -0.39 is 0 Å². The minimum absolute atomic E-state index is 0.0426. The molecule has 2 aromatic rings. The quantitative estimate of drug-likeness (QED) is 0.342. The molecule has 1 heterocycles. The van der Waals surface area contributed by atoms with Crippen molar-refractivity contribution in [1.82, 2.24) is 9.80 Å². The molecule has 0 radical (unpaired) electrons. The van der Waals surface area contributed by atoms with E-state index in [9.17, 15) is 5.11 Å². The summed E-state index contributed by atoms with van der Waals surface area (Å²) in [5.74, 6) is 0.318. The second kappa shape index (κ2) is 11.3. The van der Waals surface area contributed by atoms with Crippen molar-refractivity contribution in [2.75, 3.05) is 26.2 Å². The number of hydrogen-bond acceptors (Lipinski definition) is 4. The molecular formula is C26H32N4O. The van der Waals surface area contributed by atoms with Crippen molar-refractivity contribution in [3.63, 3.8) is 0 Å². The normalized spacial score (nSPS) is 17.4. The van der Waals surface area contributed by atoms with E-state index >= 15 is 0 Å². The number of phenolic OH excluding ortho intramolecular Hbond substituents is 1. The second-order valence-electron chi connectivity index (χ2n) is 7.76. The van der Waals surface area contributed by atoms with Gasteiger partial charge in [-0.1, -0.05) is 72.8 Å². The van der Waals surface area contributed by atoms with Crippen LogP contribution < -0.4 is 5.73 Å². The lowest BCUT2D eigenvalue weighted by Gasteiger charge is -2.38. The first kappa shape index (κ1) is 22.5. The van der Waals surface area contributed by atoms with Crippen LogP contribution in [-0.2, 0) is 6.54 Å². The SMILES string of the molecule is C\C=C/C(=C\C=C\C(c1cccc(O)c1)N1CCN(Cc2ccccc2)CC1)C(=N)N. The maximum Gasteiger partial charge on any atom is 0.122 e. The number of benzene rings is 2. The van der Waals surface area contributed by atoms with Crippen LogP contribution in [0, 0.1) is 5.41 Å². The Hall–Kier alpha value is -3.15. The number of nitrogens with two attached hydrogens (primary N) is 1. The van der Waals surface area contributed by atoms with Crippen LogP contribution >= 0.6 is 0 Å². The Balaban J connectivity index is 1.74. The van der Waals surface area contributed by atoms with Gasteiger partial charge in [-0.25, -0.2) is 0 Å². The molecule has 1 aliphatic heterocycles. The van der Waals surface area contributed by atoms with Gasteiger partial charge in [-0.3, -0.25) is 15.2 Å². The number of hydrogen-bond donors (Lipinski definition) is 3. The number of rotatable bonds is 8. The third kappa shape index (κ3) is 6.67. The van der Waals surface area contributed by atoms with E-state index in [0.29, 0.717) is 5.57 Å². The fraction of sp³-hybridized carbons (Fsp3) is 0.269. The third-order valence-electron chi connectivity index (χ3n) is 5.49. The Morgan fingerprint density at radius 1 is 1.10 bits per heavy atom. The molecule has 5 nitrogen and oxygen atoms in total. The van der Waals surface area contributed by atoms with E-state index in [4.69, 9.17) is 11.1 Å². The van der Waals surface area contributed by atoms with Crippen molar-refractivity contribution in [1.29, 1.82) is 5.41 Å². The van der Waals surface area contributed by atoms with Crippen molar-refractivity contribution in [3.8, 4) is 5.75 Å². The molecule has 1 fully saturated rings. The van der Waals surface area contributed by atoms with E-state index in [-0.39, 0.29) is 17.6 Å². The predicted octanol–water partition coefficient (Wildman–Crippen LogP) is 4.25. The molecule has 4 N–H and O–H groups in total. The van der Waals surface area contributed by atoms with Gasteiger partial charge >= 0.3 is 0 Å². The topological polar surface area (TPSA) is 76.6 Å². The van der Waals surface area contributed by atoms with Gasteiger partial charge in [-0.05, 0) is 30.2 Å². The summed E-state index contributed by atoms with van der Waals surface area (Å²) in [5, 5.41) is 17.7. The molecular weight excluding hydrogens is 384 g/mol. The van der Waals surface area contributed by atoms with Gasteiger partial charge in [0.05, 0.1) is 6.04 Å². The predicted molar refractivity (Wildman–Crippen MR) is 128 cm³/mol. The van der Waals surface area contributed by atoms with Gasteiger partial charge in [0.2, 0.25) is 0 Å². The Morgan fingerprint density at radius 2 is 1.84 bits per heavy atom. The zero-order chi connectivity index (χ0) is 22.1. The van der Waals surface area contributed by atoms with Gasteiger partial charge in [0, 0.05) is 38.3 Å². The smallest absolute Gasteiger partial charge is 0.122 e. The monoisotopic (exact) mass is 416 g/mol. The van der Waals surface area contributed by atoms with Gasteiger partial charge in [-0.15, -0.1) is 0 Å². The molecule has 5 heteroatoms. The summed E-state index contributed by atoms with van der Waals surface area (Å²) in [6.07, 6.45) is 9.65. The molecule has 0 saturated carbocycles. The van der Waals surface area contributed by atoms with Crippen LogP contribution in [0.5, 0.6) is 5.75 Å².